The van der Waals surface area contributed by atoms with E-state index in [9.17, 15) is 29.4 Å². The highest BCUT2D eigenvalue weighted by atomic mass is 16.4. The Morgan fingerprint density at radius 1 is 1.17 bits per heavy atom. The van der Waals surface area contributed by atoms with Crippen LogP contribution in [0.25, 0.3) is 6.08 Å². The topological polar surface area (TPSA) is 131 Å². The normalized spacial score (nSPS) is 22.5. The van der Waals surface area contributed by atoms with Crippen LogP contribution in [-0.4, -0.2) is 62.3 Å². The van der Waals surface area contributed by atoms with Crippen LogP contribution in [0.5, 0.6) is 5.75 Å². The number of carboxylic acid groups (broad SMARTS) is 1. The molecule has 36 heavy (non-hydrogen) atoms. The molecule has 3 aliphatic heterocycles. The van der Waals surface area contributed by atoms with E-state index in [-0.39, 0.29) is 47.7 Å². The molecule has 0 aliphatic carbocycles. The lowest BCUT2D eigenvalue weighted by molar-refractivity contribution is -0.684. The zero-order valence-electron chi connectivity index (χ0n) is 19.5. The van der Waals surface area contributed by atoms with Crippen molar-refractivity contribution in [1.29, 1.82) is 0 Å². The standard InChI is InChI=1S/C26H24N4O6/c1-15(31)29-13-18-11-17(23(26(35)36)30-22(18)24(29)25(30)34)5-4-16-3-2-10-28(12-16)14-21(33)27-19-6-8-20(32)9-7-19/h2-10,12,18,22,24H,11,13-14H2,1H3,(H2-,27,32,33,35,36)/p+1/b5-4+/t18?,22-,24?/m1/s1. The molecule has 0 radical (unpaired) electrons. The van der Waals surface area contributed by atoms with E-state index in [0.717, 1.165) is 5.56 Å². The Bertz CT molecular complexity index is 1330. The number of aromatic hydroxyl groups is 1. The quantitative estimate of drug-likeness (QED) is 0.317. The third-order valence-electron chi connectivity index (χ3n) is 6.83. The van der Waals surface area contributed by atoms with E-state index in [0.29, 0.717) is 24.2 Å². The molecule has 2 fully saturated rings. The van der Waals surface area contributed by atoms with Crippen LogP contribution in [0.4, 0.5) is 5.69 Å². The summed E-state index contributed by atoms with van der Waals surface area (Å²) in [7, 11) is 0. The molecule has 1 aromatic heterocycles. The number of β-lactam (4-membered cyclic amide) rings is 1. The first kappa shape index (κ1) is 23.3. The Kier molecular flexibility index (Phi) is 5.79. The number of rotatable bonds is 6. The van der Waals surface area contributed by atoms with Gasteiger partial charge in [-0.05, 0) is 48.4 Å². The number of hydrogen-bond donors (Lipinski definition) is 3. The van der Waals surface area contributed by atoms with Gasteiger partial charge < -0.3 is 20.4 Å². The van der Waals surface area contributed by atoms with Gasteiger partial charge in [0.15, 0.2) is 12.4 Å². The number of anilines is 1. The van der Waals surface area contributed by atoms with Crippen LogP contribution in [0.2, 0.25) is 0 Å². The Morgan fingerprint density at radius 2 is 1.92 bits per heavy atom. The first-order valence-electron chi connectivity index (χ1n) is 11.6. The third-order valence-corrected chi connectivity index (χ3v) is 6.83. The van der Waals surface area contributed by atoms with E-state index in [2.05, 4.69) is 5.32 Å². The van der Waals surface area contributed by atoms with Crippen LogP contribution >= 0.6 is 0 Å². The largest absolute Gasteiger partial charge is 0.508 e. The summed E-state index contributed by atoms with van der Waals surface area (Å²) in [5.41, 5.74) is 1.81. The number of aliphatic carboxylic acids is 1. The molecule has 2 unspecified atom stereocenters. The fourth-order valence-electron chi connectivity index (χ4n) is 5.29. The molecule has 10 heteroatoms. The van der Waals surface area contributed by atoms with Gasteiger partial charge in [0.05, 0.1) is 6.04 Å². The maximum absolute atomic E-state index is 12.8. The van der Waals surface area contributed by atoms with Crippen molar-refractivity contribution in [3.05, 3.63) is 71.7 Å². The number of benzene rings is 1. The van der Waals surface area contributed by atoms with Crippen molar-refractivity contribution in [2.45, 2.75) is 32.0 Å². The van der Waals surface area contributed by atoms with Crippen molar-refractivity contribution in [2.75, 3.05) is 11.9 Å². The number of pyridine rings is 1. The summed E-state index contributed by atoms with van der Waals surface area (Å²) in [6, 6.07) is 8.94. The number of nitrogens with one attached hydrogen (secondary N) is 1. The lowest BCUT2D eigenvalue weighted by Crippen LogP contribution is -2.69. The van der Waals surface area contributed by atoms with Gasteiger partial charge in [0, 0.05) is 36.7 Å². The number of phenols is 1. The summed E-state index contributed by atoms with van der Waals surface area (Å²) >= 11 is 0. The molecule has 3 N–H and O–H groups in total. The Hall–Kier alpha value is -4.47. The highest BCUT2D eigenvalue weighted by Crippen LogP contribution is 2.47. The van der Waals surface area contributed by atoms with Crippen molar-refractivity contribution in [1.82, 2.24) is 9.80 Å². The van der Waals surface area contributed by atoms with Gasteiger partial charge in [-0.2, -0.15) is 4.57 Å². The number of carboxylic acids is 1. The molecular formula is C26H25N4O6+. The number of amides is 3. The van der Waals surface area contributed by atoms with Gasteiger partial charge in [0.2, 0.25) is 12.5 Å². The summed E-state index contributed by atoms with van der Waals surface area (Å²) in [4.78, 5) is 52.1. The van der Waals surface area contributed by atoms with Gasteiger partial charge in [0.25, 0.3) is 11.8 Å². The molecule has 4 heterocycles. The maximum atomic E-state index is 12.8. The summed E-state index contributed by atoms with van der Waals surface area (Å²) in [6.45, 7) is 1.91. The van der Waals surface area contributed by atoms with Gasteiger partial charge >= 0.3 is 5.97 Å². The van der Waals surface area contributed by atoms with E-state index >= 15 is 0 Å². The van der Waals surface area contributed by atoms with E-state index in [4.69, 9.17) is 0 Å². The molecule has 1 aromatic carbocycles. The number of carbonyl (C=O) groups is 4. The maximum Gasteiger partial charge on any atom is 0.352 e. The van der Waals surface area contributed by atoms with Crippen molar-refractivity contribution in [2.24, 2.45) is 5.92 Å². The Labute approximate surface area is 206 Å². The van der Waals surface area contributed by atoms with Crippen LogP contribution in [0.1, 0.15) is 18.9 Å². The highest BCUT2D eigenvalue weighted by Gasteiger charge is 2.63. The summed E-state index contributed by atoms with van der Waals surface area (Å²) < 4.78 is 1.70. The minimum absolute atomic E-state index is 0.0105. The lowest BCUT2D eigenvalue weighted by Gasteiger charge is -2.49. The molecule has 3 atom stereocenters. The Balaban J connectivity index is 1.33. The molecule has 0 spiro atoms. The molecule has 5 rings (SSSR count). The molecule has 2 aromatic rings. The van der Waals surface area contributed by atoms with Crippen LogP contribution in [0, 0.1) is 5.92 Å². The van der Waals surface area contributed by atoms with Gasteiger partial charge in [-0.3, -0.25) is 19.3 Å². The summed E-state index contributed by atoms with van der Waals surface area (Å²) in [6.07, 6.45) is 7.42. The first-order valence-corrected chi connectivity index (χ1v) is 11.6. The molecule has 2 saturated heterocycles. The number of carbonyl (C=O) groups excluding carboxylic acids is 3. The third kappa shape index (κ3) is 4.10. The van der Waals surface area contributed by atoms with Crippen LogP contribution < -0.4 is 9.88 Å². The minimum atomic E-state index is -1.17. The van der Waals surface area contributed by atoms with Crippen molar-refractivity contribution < 1.29 is 34.0 Å². The predicted octanol–water partition coefficient (Wildman–Crippen LogP) is 1.13. The smallest absolute Gasteiger partial charge is 0.352 e. The Morgan fingerprint density at radius 3 is 2.61 bits per heavy atom. The fourth-order valence-corrected chi connectivity index (χ4v) is 5.29. The van der Waals surface area contributed by atoms with Crippen molar-refractivity contribution in [3.63, 3.8) is 0 Å². The zero-order valence-corrected chi connectivity index (χ0v) is 19.5. The number of likely N-dealkylation sites (tertiary alicyclic amines) is 1. The average Bonchev–Trinajstić information content (AvgIpc) is 3.20. The second-order valence-corrected chi connectivity index (χ2v) is 9.20. The summed E-state index contributed by atoms with van der Waals surface area (Å²) in [5, 5.41) is 22.0. The van der Waals surface area contributed by atoms with E-state index in [1.54, 1.807) is 52.2 Å². The molecule has 3 amide bonds. The summed E-state index contributed by atoms with van der Waals surface area (Å²) in [5.74, 6) is -1.85. The molecular weight excluding hydrogens is 464 g/mol. The number of phenolic OH excluding ortho intramolecular Hbond substituents is 1. The number of allylic oxidation sites excluding steroid dienone is 2. The second kappa shape index (κ2) is 8.95. The minimum Gasteiger partial charge on any atom is -0.508 e. The van der Waals surface area contributed by atoms with E-state index < -0.39 is 12.0 Å². The van der Waals surface area contributed by atoms with Crippen LogP contribution in [-0.2, 0) is 25.7 Å². The number of nitrogens with zero attached hydrogens (tertiary/aromatic N) is 3. The lowest BCUT2D eigenvalue weighted by atomic mass is 9.79. The predicted molar refractivity (Wildman–Crippen MR) is 127 cm³/mol. The average molecular weight is 490 g/mol. The molecule has 10 nitrogen and oxygen atoms in total. The molecule has 184 valence electrons. The van der Waals surface area contributed by atoms with Gasteiger partial charge in [-0.1, -0.05) is 6.08 Å². The van der Waals surface area contributed by atoms with Gasteiger partial charge in [-0.25, -0.2) is 4.79 Å². The SMILES string of the molecule is CC(=O)N1CC2CC(/C=C/c3ccc[n+](CC(=O)Nc4ccc(O)cc4)c3)=C(C(=O)O)N3C(=O)C1[C@@H]23. The zero-order chi connectivity index (χ0) is 25.6. The number of aromatic nitrogens is 1. The first-order chi connectivity index (χ1) is 17.2. The van der Waals surface area contributed by atoms with Gasteiger partial charge in [-0.15, -0.1) is 0 Å². The second-order valence-electron chi connectivity index (χ2n) is 9.20. The number of hydrogen-bond acceptors (Lipinski definition) is 5. The fraction of sp³-hybridized carbons (Fsp3) is 0.269. The van der Waals surface area contributed by atoms with Crippen LogP contribution in [0.3, 0.4) is 0 Å². The van der Waals surface area contributed by atoms with Gasteiger partial charge in [0.1, 0.15) is 17.5 Å². The van der Waals surface area contributed by atoms with E-state index in [1.165, 1.54) is 24.0 Å². The molecule has 3 aliphatic rings. The monoisotopic (exact) mass is 489 g/mol. The van der Waals surface area contributed by atoms with Crippen molar-refractivity contribution >= 4 is 35.5 Å². The molecule has 0 saturated carbocycles. The van der Waals surface area contributed by atoms with E-state index in [1.807, 2.05) is 6.07 Å². The van der Waals surface area contributed by atoms with Crippen LogP contribution in [0.15, 0.2) is 66.1 Å². The van der Waals surface area contributed by atoms with Crippen molar-refractivity contribution in [3.8, 4) is 5.75 Å². The highest BCUT2D eigenvalue weighted by molar-refractivity contribution is 6.02. The molecule has 0 bridgehead atoms.